The molecule has 5 rings (SSSR count). The fraction of sp³-hybridized carbons (Fsp3) is 0.867. The summed E-state index contributed by atoms with van der Waals surface area (Å²) in [6.45, 7) is 0.575. The Kier molecular flexibility index (Phi) is 2.65. The van der Waals surface area contributed by atoms with Gasteiger partial charge in [0.1, 0.15) is 6.33 Å². The molecule has 4 aliphatic rings. The van der Waals surface area contributed by atoms with Crippen LogP contribution in [0.15, 0.2) is 11.1 Å². The highest BCUT2D eigenvalue weighted by Crippen LogP contribution is 2.61. The molecule has 1 heterocycles. The highest BCUT2D eigenvalue weighted by atomic mass is 16.2. The summed E-state index contributed by atoms with van der Waals surface area (Å²) in [5, 5.41) is 4.17. The highest BCUT2D eigenvalue weighted by molar-refractivity contribution is 5.05. The molecule has 20 heavy (non-hydrogen) atoms. The van der Waals surface area contributed by atoms with Crippen molar-refractivity contribution >= 4 is 0 Å². The van der Waals surface area contributed by atoms with E-state index in [0.717, 1.165) is 17.8 Å². The molecule has 4 saturated carbocycles. The van der Waals surface area contributed by atoms with E-state index in [-0.39, 0.29) is 17.1 Å². The molecule has 0 aliphatic heterocycles. The zero-order valence-electron chi connectivity index (χ0n) is 12.2. The summed E-state index contributed by atoms with van der Waals surface area (Å²) in [5.74, 6) is 2.69. The fourth-order valence-corrected chi connectivity index (χ4v) is 5.56. The van der Waals surface area contributed by atoms with E-state index in [1.54, 1.807) is 18.1 Å². The monoisotopic (exact) mass is 276 g/mol. The summed E-state index contributed by atoms with van der Waals surface area (Å²) < 4.78 is 3.07. The number of hydrogen-bond donors (Lipinski definition) is 1. The molecule has 1 atom stereocenters. The van der Waals surface area contributed by atoms with Gasteiger partial charge < -0.3 is 5.73 Å². The molecule has 5 nitrogen and oxygen atoms in total. The van der Waals surface area contributed by atoms with E-state index in [4.69, 9.17) is 5.73 Å². The average molecular weight is 276 g/mol. The van der Waals surface area contributed by atoms with E-state index in [2.05, 4.69) is 5.10 Å². The van der Waals surface area contributed by atoms with Crippen molar-refractivity contribution in [2.24, 2.45) is 36.0 Å². The third kappa shape index (κ3) is 1.79. The first-order valence-electron chi connectivity index (χ1n) is 7.90. The van der Waals surface area contributed by atoms with Gasteiger partial charge in [-0.05, 0) is 61.7 Å². The van der Waals surface area contributed by atoms with Gasteiger partial charge in [0.15, 0.2) is 0 Å². The van der Waals surface area contributed by atoms with Gasteiger partial charge in [0.25, 0.3) is 0 Å². The van der Waals surface area contributed by atoms with E-state index >= 15 is 0 Å². The van der Waals surface area contributed by atoms with Crippen LogP contribution in [0.3, 0.4) is 0 Å². The van der Waals surface area contributed by atoms with Crippen molar-refractivity contribution in [2.45, 2.75) is 51.1 Å². The van der Waals surface area contributed by atoms with Gasteiger partial charge in [-0.1, -0.05) is 0 Å². The van der Waals surface area contributed by atoms with Crippen LogP contribution in [0.5, 0.6) is 0 Å². The fourth-order valence-electron chi connectivity index (χ4n) is 5.56. The Bertz CT molecular complexity index is 537. The second-order valence-corrected chi connectivity index (χ2v) is 7.59. The molecule has 0 radical (unpaired) electrons. The topological polar surface area (TPSA) is 65.8 Å². The van der Waals surface area contributed by atoms with Crippen molar-refractivity contribution in [3.05, 3.63) is 16.8 Å². The molecule has 4 aliphatic carbocycles. The van der Waals surface area contributed by atoms with Crippen molar-refractivity contribution in [2.75, 3.05) is 0 Å². The summed E-state index contributed by atoms with van der Waals surface area (Å²) >= 11 is 0. The van der Waals surface area contributed by atoms with Crippen molar-refractivity contribution < 1.29 is 0 Å². The van der Waals surface area contributed by atoms with E-state index < -0.39 is 0 Å². The first-order chi connectivity index (χ1) is 9.56. The van der Waals surface area contributed by atoms with E-state index in [1.165, 1.54) is 43.1 Å². The summed E-state index contributed by atoms with van der Waals surface area (Å²) in [5.41, 5.74) is 6.81. The van der Waals surface area contributed by atoms with Crippen molar-refractivity contribution in [3.63, 3.8) is 0 Å². The average Bonchev–Trinajstić information content (AvgIpc) is 2.69. The Labute approximate surface area is 119 Å². The van der Waals surface area contributed by atoms with Crippen LogP contribution in [0.4, 0.5) is 0 Å². The molecule has 1 aromatic rings. The maximum absolute atomic E-state index is 11.9. The van der Waals surface area contributed by atoms with Crippen LogP contribution in [0, 0.1) is 23.2 Å². The lowest BCUT2D eigenvalue weighted by Crippen LogP contribution is -2.56. The predicted octanol–water partition coefficient (Wildman–Crippen LogP) is 1.13. The van der Waals surface area contributed by atoms with Gasteiger partial charge in [0, 0.05) is 13.1 Å². The quantitative estimate of drug-likeness (QED) is 0.900. The smallest absolute Gasteiger partial charge is 0.326 e. The number of nitrogens with zero attached hydrogens (tertiary/aromatic N) is 3. The molecule has 1 unspecified atom stereocenters. The minimum absolute atomic E-state index is 0.0508. The third-order valence-corrected chi connectivity index (χ3v) is 6.13. The Morgan fingerprint density at radius 2 is 1.85 bits per heavy atom. The van der Waals surface area contributed by atoms with E-state index in [1.807, 2.05) is 0 Å². The lowest BCUT2D eigenvalue weighted by molar-refractivity contribution is -0.0700. The van der Waals surface area contributed by atoms with Crippen LogP contribution in [0.2, 0.25) is 0 Å². The highest BCUT2D eigenvalue weighted by Gasteiger charge is 2.53. The maximum Gasteiger partial charge on any atom is 0.345 e. The van der Waals surface area contributed by atoms with Gasteiger partial charge in [-0.2, -0.15) is 5.10 Å². The third-order valence-electron chi connectivity index (χ3n) is 6.13. The second kappa shape index (κ2) is 4.20. The Morgan fingerprint density at radius 3 is 2.30 bits per heavy atom. The van der Waals surface area contributed by atoms with Gasteiger partial charge >= 0.3 is 5.69 Å². The van der Waals surface area contributed by atoms with Crippen LogP contribution in [0.25, 0.3) is 0 Å². The Morgan fingerprint density at radius 1 is 1.30 bits per heavy atom. The standard InChI is InChI=1S/C15H24N4O/c1-18-9-17-19(14(18)20)8-13(16)15-5-10-2-11(6-15)4-12(3-10)7-15/h9-13H,2-8,16H2,1H3. The molecule has 1 aromatic heterocycles. The predicted molar refractivity (Wildman–Crippen MR) is 76.0 cm³/mol. The van der Waals surface area contributed by atoms with Gasteiger partial charge in [0.05, 0.1) is 6.54 Å². The molecular weight excluding hydrogens is 252 g/mol. The number of aryl methyl sites for hydroxylation is 1. The molecule has 4 bridgehead atoms. The first kappa shape index (κ1) is 12.6. The van der Waals surface area contributed by atoms with Crippen LogP contribution in [-0.4, -0.2) is 20.4 Å². The molecule has 0 spiro atoms. The molecule has 4 fully saturated rings. The molecule has 110 valence electrons. The Balaban J connectivity index is 1.57. The van der Waals surface area contributed by atoms with Crippen molar-refractivity contribution in [1.82, 2.24) is 14.3 Å². The number of hydrogen-bond acceptors (Lipinski definition) is 3. The van der Waals surface area contributed by atoms with Crippen LogP contribution < -0.4 is 11.4 Å². The normalized spacial score (nSPS) is 40.2. The molecular formula is C15H24N4O. The number of nitrogens with two attached hydrogens (primary N) is 1. The lowest BCUT2D eigenvalue weighted by Gasteiger charge is -2.58. The number of rotatable bonds is 3. The maximum atomic E-state index is 11.9. The molecule has 0 aromatic carbocycles. The van der Waals surface area contributed by atoms with E-state index in [9.17, 15) is 4.79 Å². The molecule has 0 saturated heterocycles. The zero-order valence-corrected chi connectivity index (χ0v) is 12.2. The Hall–Kier alpha value is -1.10. The van der Waals surface area contributed by atoms with Crippen LogP contribution in [0.1, 0.15) is 38.5 Å². The van der Waals surface area contributed by atoms with Crippen LogP contribution >= 0.6 is 0 Å². The second-order valence-electron chi connectivity index (χ2n) is 7.59. The summed E-state index contributed by atoms with van der Waals surface area (Å²) in [7, 11) is 1.74. The zero-order chi connectivity index (χ0) is 13.9. The van der Waals surface area contributed by atoms with Crippen molar-refractivity contribution in [1.29, 1.82) is 0 Å². The summed E-state index contributed by atoms with van der Waals surface area (Å²) in [6, 6.07) is 0.0727. The first-order valence-corrected chi connectivity index (χ1v) is 7.90. The minimum atomic E-state index is -0.0508. The van der Waals surface area contributed by atoms with Gasteiger partial charge in [-0.25, -0.2) is 9.48 Å². The minimum Gasteiger partial charge on any atom is -0.326 e. The van der Waals surface area contributed by atoms with Gasteiger partial charge in [-0.15, -0.1) is 0 Å². The molecule has 0 amide bonds. The van der Waals surface area contributed by atoms with Crippen molar-refractivity contribution in [3.8, 4) is 0 Å². The van der Waals surface area contributed by atoms with Crippen LogP contribution in [-0.2, 0) is 13.6 Å². The summed E-state index contributed by atoms with van der Waals surface area (Å²) in [4.78, 5) is 11.9. The SMILES string of the molecule is Cn1cnn(CC(N)C23CC4CC(CC(C4)C2)C3)c1=O. The van der Waals surface area contributed by atoms with Gasteiger partial charge in [0.2, 0.25) is 0 Å². The van der Waals surface area contributed by atoms with E-state index in [0.29, 0.717) is 6.54 Å². The largest absolute Gasteiger partial charge is 0.345 e. The molecule has 5 heteroatoms. The molecule has 2 N–H and O–H groups in total. The van der Waals surface area contributed by atoms with Gasteiger partial charge in [-0.3, -0.25) is 4.57 Å². The lowest BCUT2D eigenvalue weighted by atomic mass is 9.48. The summed E-state index contributed by atoms with van der Waals surface area (Å²) in [6.07, 6.45) is 9.69. The number of aromatic nitrogens is 3.